The van der Waals surface area contributed by atoms with E-state index in [4.69, 9.17) is 18.0 Å². The van der Waals surface area contributed by atoms with E-state index in [1.807, 2.05) is 34.6 Å². The maximum absolute atomic E-state index is 12.3. The average Bonchev–Trinajstić information content (AvgIpc) is 2.39. The van der Waals surface area contributed by atoms with Gasteiger partial charge < -0.3 is 18.0 Å². The lowest BCUT2D eigenvalue weighted by molar-refractivity contribution is -0.153. The van der Waals surface area contributed by atoms with E-state index in [0.29, 0.717) is 32.5 Å². The van der Waals surface area contributed by atoms with Gasteiger partial charge in [0.25, 0.3) is 0 Å². The minimum Gasteiger partial charge on any atom is -0.465 e. The highest BCUT2D eigenvalue weighted by atomic mass is 28.4. The first-order valence-electron chi connectivity index (χ1n) is 7.96. The zero-order chi connectivity index (χ0) is 16.4. The Balaban J connectivity index is 4.88. The topological polar surface area (TPSA) is 54.0 Å². The van der Waals surface area contributed by atoms with Gasteiger partial charge in [0, 0.05) is 25.9 Å². The van der Waals surface area contributed by atoms with Gasteiger partial charge in [-0.05, 0) is 41.0 Å². The van der Waals surface area contributed by atoms with Gasteiger partial charge in [-0.15, -0.1) is 0 Å². The summed E-state index contributed by atoms with van der Waals surface area (Å²) in [5.41, 5.74) is -0.681. The van der Waals surface area contributed by atoms with Crippen molar-refractivity contribution in [2.24, 2.45) is 5.41 Å². The van der Waals surface area contributed by atoms with Gasteiger partial charge in [0.05, 0.1) is 12.0 Å². The minimum atomic E-state index is -2.84. The lowest BCUT2D eigenvalue weighted by atomic mass is 9.97. The van der Waals surface area contributed by atoms with Crippen LogP contribution < -0.4 is 0 Å². The van der Waals surface area contributed by atoms with Gasteiger partial charge >= 0.3 is 14.8 Å². The predicted molar refractivity (Wildman–Crippen MR) is 85.1 cm³/mol. The lowest BCUT2D eigenvalue weighted by Crippen LogP contribution is -2.50. The Morgan fingerprint density at radius 2 is 1.43 bits per heavy atom. The molecule has 0 aromatic heterocycles. The highest BCUT2D eigenvalue weighted by molar-refractivity contribution is 6.61. The van der Waals surface area contributed by atoms with Crippen LogP contribution in [0.4, 0.5) is 0 Å². The molecule has 126 valence electrons. The normalized spacial score (nSPS) is 12.5. The third-order valence-electron chi connectivity index (χ3n) is 3.03. The highest BCUT2D eigenvalue weighted by Gasteiger charge is 2.48. The molecule has 0 amide bonds. The molecule has 0 saturated carbocycles. The first-order valence-corrected chi connectivity index (χ1v) is 9.89. The van der Waals surface area contributed by atoms with Crippen LogP contribution in [0.15, 0.2) is 0 Å². The van der Waals surface area contributed by atoms with Crippen molar-refractivity contribution in [2.75, 3.05) is 26.4 Å². The van der Waals surface area contributed by atoms with Gasteiger partial charge in [-0.2, -0.15) is 0 Å². The average molecular weight is 321 g/mol. The lowest BCUT2D eigenvalue weighted by Gasteiger charge is -2.34. The Morgan fingerprint density at radius 1 is 0.952 bits per heavy atom. The Labute approximate surface area is 130 Å². The van der Waals surface area contributed by atoms with E-state index >= 15 is 0 Å². The maximum Gasteiger partial charge on any atom is 0.502 e. The Morgan fingerprint density at radius 3 is 1.81 bits per heavy atom. The number of esters is 1. The van der Waals surface area contributed by atoms with E-state index in [2.05, 4.69) is 6.92 Å². The van der Waals surface area contributed by atoms with Crippen molar-refractivity contribution < 1.29 is 22.8 Å². The predicted octanol–water partition coefficient (Wildman–Crippen LogP) is 3.40. The van der Waals surface area contributed by atoms with Crippen LogP contribution in [0.2, 0.25) is 6.04 Å². The van der Waals surface area contributed by atoms with Crippen molar-refractivity contribution in [3.63, 3.8) is 0 Å². The minimum absolute atomic E-state index is 0.216. The largest absolute Gasteiger partial charge is 0.502 e. The zero-order valence-electron chi connectivity index (χ0n) is 14.5. The van der Waals surface area contributed by atoms with E-state index in [-0.39, 0.29) is 5.97 Å². The first-order chi connectivity index (χ1) is 9.87. The summed E-state index contributed by atoms with van der Waals surface area (Å²) >= 11 is 0. The third-order valence-corrected chi connectivity index (χ3v) is 6.54. The second-order valence-corrected chi connectivity index (χ2v) is 8.12. The van der Waals surface area contributed by atoms with Crippen molar-refractivity contribution in [1.82, 2.24) is 0 Å². The summed E-state index contributed by atoms with van der Waals surface area (Å²) in [4.78, 5) is 12.3. The molecule has 0 atom stereocenters. The number of ether oxygens (including phenoxy) is 1. The summed E-state index contributed by atoms with van der Waals surface area (Å²) in [6.45, 7) is 13.5. The molecular weight excluding hydrogens is 288 g/mol. The third kappa shape index (κ3) is 7.40. The molecule has 21 heavy (non-hydrogen) atoms. The number of carbonyl (C=O) groups excluding carboxylic acids is 1. The standard InChI is InChI=1S/C15H32O5Si/c1-7-11-12-17-14(16)15(5,6)13-21(18-8-2,19-9-3)20-10-4/h7-13H2,1-6H3. The maximum atomic E-state index is 12.3. The van der Waals surface area contributed by atoms with E-state index in [1.165, 1.54) is 0 Å². The van der Waals surface area contributed by atoms with Crippen LogP contribution in [-0.2, 0) is 22.8 Å². The number of carbonyl (C=O) groups is 1. The van der Waals surface area contributed by atoms with Crippen LogP contribution in [-0.4, -0.2) is 41.2 Å². The van der Waals surface area contributed by atoms with Crippen LogP contribution in [0.25, 0.3) is 0 Å². The van der Waals surface area contributed by atoms with Gasteiger partial charge in [0.2, 0.25) is 0 Å². The molecule has 0 bridgehead atoms. The van der Waals surface area contributed by atoms with Gasteiger partial charge in [0.1, 0.15) is 0 Å². The molecule has 0 N–H and O–H groups in total. The number of unbranched alkanes of at least 4 members (excludes halogenated alkanes) is 1. The molecule has 0 aliphatic heterocycles. The molecule has 0 saturated heterocycles. The molecule has 0 spiro atoms. The first kappa shape index (κ1) is 20.6. The molecule has 6 heteroatoms. The van der Waals surface area contributed by atoms with Gasteiger partial charge in [-0.3, -0.25) is 4.79 Å². The fraction of sp³-hybridized carbons (Fsp3) is 0.933. The van der Waals surface area contributed by atoms with Gasteiger partial charge in [0.15, 0.2) is 0 Å². The Kier molecular flexibility index (Phi) is 10.1. The van der Waals surface area contributed by atoms with Gasteiger partial charge in [-0.1, -0.05) is 13.3 Å². The second-order valence-electron chi connectivity index (χ2n) is 5.53. The molecular formula is C15H32O5Si. The van der Waals surface area contributed by atoms with E-state index in [9.17, 15) is 4.79 Å². The molecule has 5 nitrogen and oxygen atoms in total. The Hall–Kier alpha value is -0.433. The molecule has 0 rings (SSSR count). The van der Waals surface area contributed by atoms with Crippen LogP contribution in [0.5, 0.6) is 0 Å². The second kappa shape index (κ2) is 10.3. The number of rotatable bonds is 12. The van der Waals surface area contributed by atoms with Crippen molar-refractivity contribution in [1.29, 1.82) is 0 Å². The molecule has 0 unspecified atom stereocenters. The van der Waals surface area contributed by atoms with Crippen LogP contribution in [0.1, 0.15) is 54.4 Å². The van der Waals surface area contributed by atoms with Crippen molar-refractivity contribution in [3.8, 4) is 0 Å². The van der Waals surface area contributed by atoms with Crippen molar-refractivity contribution in [2.45, 2.75) is 60.4 Å². The monoisotopic (exact) mass is 320 g/mol. The van der Waals surface area contributed by atoms with Gasteiger partial charge in [-0.25, -0.2) is 0 Å². The summed E-state index contributed by atoms with van der Waals surface area (Å²) in [5.74, 6) is -0.216. The summed E-state index contributed by atoms with van der Waals surface area (Å²) in [5, 5.41) is 0. The quantitative estimate of drug-likeness (QED) is 0.313. The summed E-state index contributed by atoms with van der Waals surface area (Å²) in [7, 11) is -2.84. The number of hydrogen-bond acceptors (Lipinski definition) is 5. The summed E-state index contributed by atoms with van der Waals surface area (Å²) < 4.78 is 22.8. The van der Waals surface area contributed by atoms with Crippen molar-refractivity contribution in [3.05, 3.63) is 0 Å². The van der Waals surface area contributed by atoms with Crippen LogP contribution >= 0.6 is 0 Å². The molecule has 0 fully saturated rings. The molecule has 0 heterocycles. The molecule has 0 aromatic carbocycles. The zero-order valence-corrected chi connectivity index (χ0v) is 15.5. The highest BCUT2D eigenvalue weighted by Crippen LogP contribution is 2.32. The fourth-order valence-corrected chi connectivity index (χ4v) is 5.16. The molecule has 0 aliphatic rings. The summed E-state index contributed by atoms with van der Waals surface area (Å²) in [6.07, 6.45) is 1.88. The van der Waals surface area contributed by atoms with E-state index < -0.39 is 14.2 Å². The SMILES string of the molecule is CCCCOC(=O)C(C)(C)C[Si](OCC)(OCC)OCC. The molecule has 0 aromatic rings. The van der Waals surface area contributed by atoms with E-state index in [1.54, 1.807) is 0 Å². The van der Waals surface area contributed by atoms with Crippen LogP contribution in [0.3, 0.4) is 0 Å². The van der Waals surface area contributed by atoms with E-state index in [0.717, 1.165) is 12.8 Å². The molecule has 0 radical (unpaired) electrons. The smallest absolute Gasteiger partial charge is 0.465 e. The number of hydrogen-bond donors (Lipinski definition) is 0. The Bertz CT molecular complexity index is 277. The summed E-state index contributed by atoms with van der Waals surface area (Å²) in [6, 6.07) is 0.431. The fourth-order valence-electron chi connectivity index (χ4n) is 2.06. The van der Waals surface area contributed by atoms with Crippen LogP contribution in [0, 0.1) is 5.41 Å². The molecule has 0 aliphatic carbocycles. The van der Waals surface area contributed by atoms with Crippen molar-refractivity contribution >= 4 is 14.8 Å².